The highest BCUT2D eigenvalue weighted by atomic mass is 32.1. The number of aromatic nitrogens is 2. The van der Waals surface area contributed by atoms with E-state index in [-0.39, 0.29) is 0 Å². The Hall–Kier alpha value is -4.90. The highest BCUT2D eigenvalue weighted by Crippen LogP contribution is 2.43. The van der Waals surface area contributed by atoms with E-state index in [0.29, 0.717) is 0 Å². The van der Waals surface area contributed by atoms with E-state index in [0.717, 1.165) is 32.9 Å². The van der Waals surface area contributed by atoms with Gasteiger partial charge in [0.2, 0.25) is 0 Å². The molecule has 0 radical (unpaired) electrons. The number of hydrogen-bond acceptors (Lipinski definition) is 4. The van der Waals surface area contributed by atoms with Crippen LogP contribution in [0, 0.1) is 0 Å². The van der Waals surface area contributed by atoms with E-state index in [4.69, 9.17) is 9.97 Å². The summed E-state index contributed by atoms with van der Waals surface area (Å²) in [5, 5.41) is 7.38. The van der Waals surface area contributed by atoms with Gasteiger partial charge in [-0.1, -0.05) is 109 Å². The second-order valence-corrected chi connectivity index (χ2v) is 12.7. The Balaban J connectivity index is 1.18. The fourth-order valence-corrected chi connectivity index (χ4v) is 8.28. The molecule has 3 heterocycles. The van der Waals surface area contributed by atoms with Crippen molar-refractivity contribution in [2.45, 2.75) is 0 Å². The molecule has 0 N–H and O–H groups in total. The molecule has 3 aromatic heterocycles. The Bertz CT molecular complexity index is 2450. The highest BCUT2D eigenvalue weighted by molar-refractivity contribution is 7.26. The van der Waals surface area contributed by atoms with Gasteiger partial charge in [0.05, 0.1) is 21.4 Å². The second-order valence-electron chi connectivity index (χ2n) is 10.6. The van der Waals surface area contributed by atoms with Crippen LogP contribution in [0.4, 0.5) is 0 Å². The zero-order valence-electron chi connectivity index (χ0n) is 22.4. The van der Waals surface area contributed by atoms with Gasteiger partial charge in [0.1, 0.15) is 5.01 Å². The van der Waals surface area contributed by atoms with Gasteiger partial charge in [-0.05, 0) is 35.4 Å². The average Bonchev–Trinajstić information content (AvgIpc) is 3.66. The third-order valence-electron chi connectivity index (χ3n) is 8.11. The lowest BCUT2D eigenvalue weighted by Gasteiger charge is -2.12. The molecule has 0 aliphatic carbocycles. The molecule has 42 heavy (non-hydrogen) atoms. The van der Waals surface area contributed by atoms with Crippen molar-refractivity contribution in [3.8, 4) is 33.0 Å². The van der Waals surface area contributed by atoms with Gasteiger partial charge < -0.3 is 0 Å². The van der Waals surface area contributed by atoms with E-state index in [1.165, 1.54) is 52.2 Å². The van der Waals surface area contributed by atoms with Crippen molar-refractivity contribution in [3.63, 3.8) is 0 Å². The largest absolute Gasteiger partial charge is 0.247 e. The maximum absolute atomic E-state index is 5.21. The Morgan fingerprint density at radius 1 is 0.405 bits per heavy atom. The molecule has 0 saturated heterocycles. The molecule has 9 rings (SSSR count). The van der Waals surface area contributed by atoms with E-state index in [1.54, 1.807) is 11.3 Å². The monoisotopic (exact) mass is 570 g/mol. The van der Waals surface area contributed by atoms with Crippen LogP contribution >= 0.6 is 22.7 Å². The van der Waals surface area contributed by atoms with E-state index >= 15 is 0 Å². The van der Waals surface area contributed by atoms with Crippen molar-refractivity contribution in [1.29, 1.82) is 0 Å². The second kappa shape index (κ2) is 9.31. The zero-order chi connectivity index (χ0) is 27.6. The fraction of sp³-hybridized carbons (Fsp3) is 0. The molecule has 0 amide bonds. The van der Waals surface area contributed by atoms with Gasteiger partial charge in [-0.2, -0.15) is 0 Å². The van der Waals surface area contributed by atoms with E-state index in [2.05, 4.69) is 127 Å². The molecule has 0 unspecified atom stereocenters. The predicted molar refractivity (Wildman–Crippen MR) is 182 cm³/mol. The lowest BCUT2D eigenvalue weighted by molar-refractivity contribution is 1.43. The summed E-state index contributed by atoms with van der Waals surface area (Å²) in [6.45, 7) is 0. The number of fused-ring (bicyclic) bond motifs is 8. The van der Waals surface area contributed by atoms with E-state index in [9.17, 15) is 0 Å². The van der Waals surface area contributed by atoms with Crippen LogP contribution in [0.15, 0.2) is 133 Å². The van der Waals surface area contributed by atoms with Crippen LogP contribution in [0.5, 0.6) is 0 Å². The average molecular weight is 571 g/mol. The maximum atomic E-state index is 5.21. The summed E-state index contributed by atoms with van der Waals surface area (Å²) in [5.74, 6) is 0. The zero-order valence-corrected chi connectivity index (χ0v) is 24.0. The summed E-state index contributed by atoms with van der Waals surface area (Å²) < 4.78 is 3.85. The molecular weight excluding hydrogens is 549 g/mol. The predicted octanol–water partition coefficient (Wildman–Crippen LogP) is 11.4. The van der Waals surface area contributed by atoms with Crippen molar-refractivity contribution < 1.29 is 0 Å². The molecular formula is C38H22N2S2. The first-order chi connectivity index (χ1) is 20.8. The number of pyridine rings is 1. The molecule has 0 fully saturated rings. The highest BCUT2D eigenvalue weighted by Gasteiger charge is 2.16. The van der Waals surface area contributed by atoms with Crippen LogP contribution in [0.2, 0.25) is 0 Å². The Morgan fingerprint density at radius 3 is 2.00 bits per heavy atom. The van der Waals surface area contributed by atoms with Gasteiger partial charge in [0.25, 0.3) is 0 Å². The van der Waals surface area contributed by atoms with Crippen LogP contribution in [0.1, 0.15) is 0 Å². The third-order valence-corrected chi connectivity index (χ3v) is 10.4. The molecule has 0 bridgehead atoms. The van der Waals surface area contributed by atoms with Crippen molar-refractivity contribution in [2.24, 2.45) is 0 Å². The van der Waals surface area contributed by atoms with E-state index < -0.39 is 0 Å². The standard InChI is InChI=1S/C38H22N2S2/c1-2-8-25(9-3-1)38-40-32-22-26(18-21-34(32)42-38)23-14-16-24(17-15-23)36-30-20-19-28-27-10-5-7-13-33(27)41-37(28)35(30)29-11-4-6-12-31(29)39-36/h1-22H. The maximum Gasteiger partial charge on any atom is 0.124 e. The first-order valence-electron chi connectivity index (χ1n) is 14.0. The van der Waals surface area contributed by atoms with Crippen LogP contribution < -0.4 is 0 Å². The van der Waals surface area contributed by atoms with Gasteiger partial charge in [0, 0.05) is 47.5 Å². The third kappa shape index (κ3) is 3.69. The van der Waals surface area contributed by atoms with E-state index in [1.807, 2.05) is 17.4 Å². The lowest BCUT2D eigenvalue weighted by Crippen LogP contribution is -1.90. The Labute approximate surface area is 250 Å². The molecule has 0 spiro atoms. The molecule has 0 aliphatic heterocycles. The molecule has 0 saturated carbocycles. The van der Waals surface area contributed by atoms with Crippen molar-refractivity contribution in [3.05, 3.63) is 133 Å². The number of thiazole rings is 1. The Kier molecular flexibility index (Phi) is 5.27. The van der Waals surface area contributed by atoms with Gasteiger partial charge in [0.15, 0.2) is 0 Å². The number of thiophene rings is 1. The summed E-state index contributed by atoms with van der Waals surface area (Å²) >= 11 is 3.62. The molecule has 6 aromatic carbocycles. The lowest BCUT2D eigenvalue weighted by atomic mass is 9.96. The van der Waals surface area contributed by atoms with Gasteiger partial charge in [-0.25, -0.2) is 9.97 Å². The SMILES string of the molecule is c1ccc(-c2nc3cc(-c4ccc(-c5nc6ccccc6c6c5ccc5c7ccccc7sc56)cc4)ccc3s2)cc1. The van der Waals surface area contributed by atoms with Crippen LogP contribution in [-0.4, -0.2) is 9.97 Å². The van der Waals surface area contributed by atoms with Crippen LogP contribution in [-0.2, 0) is 0 Å². The molecule has 9 aromatic rings. The molecule has 2 nitrogen and oxygen atoms in total. The minimum atomic E-state index is 1.03. The number of nitrogens with zero attached hydrogens (tertiary/aromatic N) is 2. The molecule has 196 valence electrons. The first-order valence-corrected chi connectivity index (χ1v) is 15.6. The van der Waals surface area contributed by atoms with Crippen LogP contribution in [0.25, 0.3) is 85.0 Å². The summed E-state index contributed by atoms with van der Waals surface area (Å²) in [7, 11) is 0. The molecule has 4 heteroatoms. The number of hydrogen-bond donors (Lipinski definition) is 0. The summed E-state index contributed by atoms with van der Waals surface area (Å²) in [5.41, 5.74) is 7.71. The van der Waals surface area contributed by atoms with Crippen molar-refractivity contribution in [2.75, 3.05) is 0 Å². The smallest absolute Gasteiger partial charge is 0.124 e. The van der Waals surface area contributed by atoms with Gasteiger partial charge in [-0.3, -0.25) is 0 Å². The fourth-order valence-electron chi connectivity index (χ4n) is 6.07. The van der Waals surface area contributed by atoms with Gasteiger partial charge >= 0.3 is 0 Å². The summed E-state index contributed by atoms with van der Waals surface area (Å²) in [4.78, 5) is 10.2. The quantitative estimate of drug-likeness (QED) is 0.197. The normalized spacial score (nSPS) is 11.8. The van der Waals surface area contributed by atoms with Gasteiger partial charge in [-0.15, -0.1) is 22.7 Å². The summed E-state index contributed by atoms with van der Waals surface area (Å²) in [6.07, 6.45) is 0. The van der Waals surface area contributed by atoms with Crippen molar-refractivity contribution >= 4 is 74.7 Å². The number of rotatable bonds is 3. The minimum absolute atomic E-state index is 1.03. The van der Waals surface area contributed by atoms with Crippen LogP contribution in [0.3, 0.4) is 0 Å². The first kappa shape index (κ1) is 23.8. The minimum Gasteiger partial charge on any atom is -0.247 e. The topological polar surface area (TPSA) is 25.8 Å². The molecule has 0 atom stereocenters. The Morgan fingerprint density at radius 2 is 1.12 bits per heavy atom. The van der Waals surface area contributed by atoms with Crippen molar-refractivity contribution in [1.82, 2.24) is 9.97 Å². The summed E-state index contributed by atoms with van der Waals surface area (Å²) in [6, 6.07) is 47.6. The number of para-hydroxylation sites is 1. The number of benzene rings is 6. The molecule has 0 aliphatic rings.